The monoisotopic (exact) mass is 239 g/mol. The Morgan fingerprint density at radius 2 is 2.00 bits per heavy atom. The van der Waals surface area contributed by atoms with Crippen LogP contribution in [-0.4, -0.2) is 19.9 Å². The quantitative estimate of drug-likeness (QED) is 0.682. The molecule has 0 radical (unpaired) electrons. The van der Waals surface area contributed by atoms with Crippen LogP contribution in [-0.2, 0) is 0 Å². The van der Waals surface area contributed by atoms with Crippen LogP contribution in [0.4, 0.5) is 5.95 Å². The van der Waals surface area contributed by atoms with Crippen LogP contribution in [0.15, 0.2) is 24.5 Å². The molecule has 1 aromatic carbocycles. The Balaban J connectivity index is 2.37. The summed E-state index contributed by atoms with van der Waals surface area (Å²) in [5, 5.41) is 0. The molecule has 90 valence electrons. The smallest absolute Gasteiger partial charge is 0.222 e. The predicted octanol–water partition coefficient (Wildman–Crippen LogP) is 2.22. The van der Waals surface area contributed by atoms with Gasteiger partial charge in [-0.1, -0.05) is 18.2 Å². The van der Waals surface area contributed by atoms with Gasteiger partial charge in [0.05, 0.1) is 6.33 Å². The summed E-state index contributed by atoms with van der Waals surface area (Å²) in [4.78, 5) is 15.6. The predicted molar refractivity (Wildman–Crippen MR) is 71.0 cm³/mol. The van der Waals surface area contributed by atoms with Gasteiger partial charge in [0.1, 0.15) is 11.2 Å². The van der Waals surface area contributed by atoms with Crippen LogP contribution in [0.25, 0.3) is 22.4 Å². The summed E-state index contributed by atoms with van der Waals surface area (Å²) >= 11 is 0. The number of nitrogen functional groups attached to an aromatic ring is 1. The van der Waals surface area contributed by atoms with Gasteiger partial charge < -0.3 is 10.7 Å². The molecule has 0 saturated heterocycles. The number of imidazole rings is 1. The van der Waals surface area contributed by atoms with Gasteiger partial charge in [-0.25, -0.2) is 9.97 Å². The van der Waals surface area contributed by atoms with Crippen molar-refractivity contribution in [1.82, 2.24) is 19.9 Å². The van der Waals surface area contributed by atoms with E-state index in [1.165, 1.54) is 11.1 Å². The number of benzene rings is 1. The van der Waals surface area contributed by atoms with Crippen molar-refractivity contribution >= 4 is 17.1 Å². The Morgan fingerprint density at radius 3 is 2.83 bits per heavy atom. The highest BCUT2D eigenvalue weighted by atomic mass is 15.1. The van der Waals surface area contributed by atoms with E-state index in [9.17, 15) is 0 Å². The van der Waals surface area contributed by atoms with Gasteiger partial charge in [-0.3, -0.25) is 0 Å². The summed E-state index contributed by atoms with van der Waals surface area (Å²) in [5.41, 5.74) is 11.4. The molecule has 3 rings (SSSR count). The molecular formula is C13H13N5. The minimum absolute atomic E-state index is 0.241. The number of rotatable bonds is 1. The highest BCUT2D eigenvalue weighted by Gasteiger charge is 2.12. The number of aromatic nitrogens is 4. The highest BCUT2D eigenvalue weighted by molar-refractivity contribution is 5.89. The first-order chi connectivity index (χ1) is 8.66. The number of nitrogens with zero attached hydrogens (tertiary/aromatic N) is 3. The summed E-state index contributed by atoms with van der Waals surface area (Å²) < 4.78 is 0. The summed E-state index contributed by atoms with van der Waals surface area (Å²) in [5.74, 6) is 0.241. The third kappa shape index (κ3) is 1.52. The Bertz CT molecular complexity index is 729. The van der Waals surface area contributed by atoms with Gasteiger partial charge in [0, 0.05) is 5.56 Å². The molecule has 18 heavy (non-hydrogen) atoms. The molecule has 2 aromatic heterocycles. The standard InChI is InChI=1S/C13H13N5/c1-7-4-3-5-9(8(7)2)10-11-12(16-6-15-11)18-13(14)17-10/h3-6H,1-2H3,(H3,14,15,16,17,18). The zero-order chi connectivity index (χ0) is 12.7. The maximum Gasteiger partial charge on any atom is 0.222 e. The van der Waals surface area contributed by atoms with Crippen LogP contribution in [0.3, 0.4) is 0 Å². The molecule has 0 aliphatic rings. The average molecular weight is 239 g/mol. The van der Waals surface area contributed by atoms with Gasteiger partial charge in [0.2, 0.25) is 5.95 Å². The number of aryl methyl sites for hydroxylation is 1. The second-order valence-corrected chi connectivity index (χ2v) is 4.28. The van der Waals surface area contributed by atoms with E-state index in [1.807, 2.05) is 12.1 Å². The van der Waals surface area contributed by atoms with Gasteiger partial charge in [-0.05, 0) is 25.0 Å². The number of nitrogens with two attached hydrogens (primary N) is 1. The number of aromatic amines is 1. The van der Waals surface area contributed by atoms with Gasteiger partial charge in [0.25, 0.3) is 0 Å². The molecule has 0 aliphatic heterocycles. The van der Waals surface area contributed by atoms with Crippen molar-refractivity contribution < 1.29 is 0 Å². The fourth-order valence-corrected chi connectivity index (χ4v) is 2.05. The number of fused-ring (bicyclic) bond motifs is 1. The van der Waals surface area contributed by atoms with Crippen LogP contribution in [0.1, 0.15) is 11.1 Å². The van der Waals surface area contributed by atoms with Gasteiger partial charge in [-0.15, -0.1) is 0 Å². The summed E-state index contributed by atoms with van der Waals surface area (Å²) in [7, 11) is 0. The first-order valence-corrected chi connectivity index (χ1v) is 5.70. The van der Waals surface area contributed by atoms with Crippen molar-refractivity contribution in [2.45, 2.75) is 13.8 Å². The highest BCUT2D eigenvalue weighted by Crippen LogP contribution is 2.28. The lowest BCUT2D eigenvalue weighted by Gasteiger charge is -2.08. The first kappa shape index (κ1) is 10.7. The molecule has 0 amide bonds. The number of anilines is 1. The molecule has 0 atom stereocenters. The summed E-state index contributed by atoms with van der Waals surface area (Å²) in [6, 6.07) is 6.12. The van der Waals surface area contributed by atoms with Crippen molar-refractivity contribution in [2.24, 2.45) is 0 Å². The largest absolute Gasteiger partial charge is 0.368 e. The topological polar surface area (TPSA) is 80.5 Å². The number of hydrogen-bond donors (Lipinski definition) is 2. The summed E-state index contributed by atoms with van der Waals surface area (Å²) in [6.45, 7) is 4.15. The van der Waals surface area contributed by atoms with E-state index in [0.717, 1.165) is 16.8 Å². The van der Waals surface area contributed by atoms with Gasteiger partial charge in [0.15, 0.2) is 5.65 Å². The molecule has 0 saturated carbocycles. The number of hydrogen-bond acceptors (Lipinski definition) is 4. The first-order valence-electron chi connectivity index (χ1n) is 5.70. The fraction of sp³-hybridized carbons (Fsp3) is 0.154. The molecule has 0 unspecified atom stereocenters. The molecule has 5 nitrogen and oxygen atoms in total. The molecular weight excluding hydrogens is 226 g/mol. The molecule has 3 aromatic rings. The second kappa shape index (κ2) is 3.80. The van der Waals surface area contributed by atoms with Crippen LogP contribution in [0.5, 0.6) is 0 Å². The van der Waals surface area contributed by atoms with Crippen molar-refractivity contribution in [1.29, 1.82) is 0 Å². The molecule has 2 heterocycles. The van der Waals surface area contributed by atoms with E-state index in [-0.39, 0.29) is 5.95 Å². The Morgan fingerprint density at radius 1 is 1.17 bits per heavy atom. The molecule has 0 fully saturated rings. The van der Waals surface area contributed by atoms with E-state index in [0.29, 0.717) is 5.65 Å². The Labute approximate surface area is 104 Å². The molecule has 0 spiro atoms. The van der Waals surface area contributed by atoms with Crippen molar-refractivity contribution in [3.8, 4) is 11.3 Å². The van der Waals surface area contributed by atoms with Crippen LogP contribution in [0.2, 0.25) is 0 Å². The lowest BCUT2D eigenvalue weighted by Crippen LogP contribution is -1.99. The lowest BCUT2D eigenvalue weighted by atomic mass is 10.0. The zero-order valence-electron chi connectivity index (χ0n) is 10.2. The average Bonchev–Trinajstić information content (AvgIpc) is 2.79. The number of H-pyrrole nitrogens is 1. The molecule has 0 aliphatic carbocycles. The second-order valence-electron chi connectivity index (χ2n) is 4.28. The Kier molecular flexibility index (Phi) is 2.26. The lowest BCUT2D eigenvalue weighted by molar-refractivity contribution is 1.21. The minimum Gasteiger partial charge on any atom is -0.368 e. The van der Waals surface area contributed by atoms with E-state index in [2.05, 4.69) is 39.8 Å². The summed E-state index contributed by atoms with van der Waals surface area (Å²) in [6.07, 6.45) is 1.60. The van der Waals surface area contributed by atoms with E-state index in [4.69, 9.17) is 5.73 Å². The third-order valence-corrected chi connectivity index (χ3v) is 3.16. The SMILES string of the molecule is Cc1cccc(-c2nc(N)nc3nc[nH]c23)c1C. The minimum atomic E-state index is 0.241. The van der Waals surface area contributed by atoms with E-state index in [1.54, 1.807) is 6.33 Å². The van der Waals surface area contributed by atoms with Crippen LogP contribution in [0, 0.1) is 13.8 Å². The van der Waals surface area contributed by atoms with Crippen molar-refractivity contribution in [3.05, 3.63) is 35.7 Å². The molecule has 3 N–H and O–H groups in total. The Hall–Kier alpha value is -2.43. The third-order valence-electron chi connectivity index (χ3n) is 3.16. The fourth-order valence-electron chi connectivity index (χ4n) is 2.05. The molecule has 0 bridgehead atoms. The van der Waals surface area contributed by atoms with Crippen molar-refractivity contribution in [3.63, 3.8) is 0 Å². The van der Waals surface area contributed by atoms with Crippen LogP contribution >= 0.6 is 0 Å². The van der Waals surface area contributed by atoms with Crippen LogP contribution < -0.4 is 5.73 Å². The van der Waals surface area contributed by atoms with Gasteiger partial charge in [-0.2, -0.15) is 4.98 Å². The molecule has 5 heteroatoms. The number of nitrogens with one attached hydrogen (secondary N) is 1. The zero-order valence-corrected chi connectivity index (χ0v) is 10.2. The normalized spacial score (nSPS) is 11.0. The van der Waals surface area contributed by atoms with E-state index < -0.39 is 0 Å². The maximum atomic E-state index is 5.73. The van der Waals surface area contributed by atoms with E-state index >= 15 is 0 Å². The van der Waals surface area contributed by atoms with Crippen molar-refractivity contribution in [2.75, 3.05) is 5.73 Å². The van der Waals surface area contributed by atoms with Gasteiger partial charge >= 0.3 is 0 Å². The maximum absolute atomic E-state index is 5.73.